The van der Waals surface area contributed by atoms with Crippen LogP contribution in [0.25, 0.3) is 16.8 Å². The zero-order valence-corrected chi connectivity index (χ0v) is 20.5. The van der Waals surface area contributed by atoms with Gasteiger partial charge in [0.2, 0.25) is 0 Å². The average molecular weight is 542 g/mol. The predicted molar refractivity (Wildman–Crippen MR) is 131 cm³/mol. The smallest absolute Gasteiger partial charge is 0.416 e. The molecular formula is C27H22ClF6NO2. The molecule has 0 heterocycles. The van der Waals surface area contributed by atoms with Crippen molar-refractivity contribution in [2.75, 3.05) is 14.1 Å². The van der Waals surface area contributed by atoms with Crippen LogP contribution in [0.1, 0.15) is 16.7 Å². The highest BCUT2D eigenvalue weighted by Gasteiger charge is 2.32. The van der Waals surface area contributed by atoms with Gasteiger partial charge in [-0.2, -0.15) is 26.3 Å². The van der Waals surface area contributed by atoms with E-state index in [2.05, 4.69) is 6.58 Å². The molecule has 37 heavy (non-hydrogen) atoms. The van der Waals surface area contributed by atoms with Crippen LogP contribution in [-0.2, 0) is 12.8 Å². The van der Waals surface area contributed by atoms with Crippen LogP contribution in [0.2, 0.25) is 5.02 Å². The van der Waals surface area contributed by atoms with Crippen LogP contribution in [0.3, 0.4) is 0 Å². The summed E-state index contributed by atoms with van der Waals surface area (Å²) in [5.74, 6) is -0.355. The van der Waals surface area contributed by atoms with Gasteiger partial charge in [0.05, 0.1) is 16.7 Å². The lowest BCUT2D eigenvalue weighted by Crippen LogP contribution is -2.14. The summed E-state index contributed by atoms with van der Waals surface area (Å²) in [7, 11) is 2.97. The molecule has 0 saturated heterocycles. The van der Waals surface area contributed by atoms with Crippen LogP contribution in [-0.4, -0.2) is 30.3 Å². The Hall–Kier alpha value is -3.59. The lowest BCUT2D eigenvalue weighted by atomic mass is 9.96. The SMILES string of the molecule is C=C(/C=C(/c1ccc(OCc2ccc(Cl)cc2)c(-c2ccc(C(F)(F)F)cc2)c1O)N(C)C)C(F)(F)F. The number of halogens is 7. The minimum atomic E-state index is -4.70. The van der Waals surface area contributed by atoms with E-state index in [1.54, 1.807) is 24.3 Å². The lowest BCUT2D eigenvalue weighted by Gasteiger charge is -2.23. The first-order valence-corrected chi connectivity index (χ1v) is 11.1. The molecule has 3 aromatic carbocycles. The Balaban J connectivity index is 2.15. The number of benzene rings is 3. The number of nitrogens with zero attached hydrogens (tertiary/aromatic N) is 1. The molecule has 3 aromatic rings. The largest absolute Gasteiger partial charge is 0.506 e. The third-order valence-corrected chi connectivity index (χ3v) is 5.63. The van der Waals surface area contributed by atoms with E-state index in [9.17, 15) is 31.4 Å². The third kappa shape index (κ3) is 6.80. The lowest BCUT2D eigenvalue weighted by molar-refractivity contribution is -0.137. The Bertz CT molecular complexity index is 1290. The second-order valence-electron chi connectivity index (χ2n) is 8.27. The number of phenolic OH excluding ortho intramolecular Hbond substituents is 1. The molecular weight excluding hydrogens is 520 g/mol. The highest BCUT2D eigenvalue weighted by atomic mass is 35.5. The van der Waals surface area contributed by atoms with Gasteiger partial charge in [-0.3, -0.25) is 0 Å². The fourth-order valence-corrected chi connectivity index (χ4v) is 3.57. The van der Waals surface area contributed by atoms with Gasteiger partial charge in [0.25, 0.3) is 0 Å². The Morgan fingerprint density at radius 3 is 2.05 bits per heavy atom. The van der Waals surface area contributed by atoms with Gasteiger partial charge in [0.15, 0.2) is 0 Å². The normalized spacial score (nSPS) is 12.4. The summed E-state index contributed by atoms with van der Waals surface area (Å²) >= 11 is 5.90. The summed E-state index contributed by atoms with van der Waals surface area (Å²) < 4.78 is 84.7. The van der Waals surface area contributed by atoms with E-state index in [1.165, 1.54) is 31.1 Å². The maximum absolute atomic E-state index is 13.2. The van der Waals surface area contributed by atoms with Crippen molar-refractivity contribution in [3.8, 4) is 22.6 Å². The molecule has 0 fully saturated rings. The standard InChI is InChI=1S/C27H22ClF6NO2/c1-16(26(29,30)31)14-22(35(2)3)21-12-13-23(37-15-17-4-10-20(28)11-5-17)24(25(21)36)18-6-8-19(9-7-18)27(32,33)34/h4-14,36H,1,15H2,2-3H3/b22-14-. The first-order chi connectivity index (χ1) is 17.2. The molecule has 0 unspecified atom stereocenters. The van der Waals surface area contributed by atoms with E-state index in [0.717, 1.165) is 35.9 Å². The number of rotatable bonds is 7. The molecule has 10 heteroatoms. The van der Waals surface area contributed by atoms with Crippen LogP contribution in [0.4, 0.5) is 26.3 Å². The minimum absolute atomic E-state index is 0.00383. The van der Waals surface area contributed by atoms with Crippen LogP contribution in [0.5, 0.6) is 11.5 Å². The van der Waals surface area contributed by atoms with Crippen molar-refractivity contribution in [3.63, 3.8) is 0 Å². The minimum Gasteiger partial charge on any atom is -0.506 e. The first-order valence-electron chi connectivity index (χ1n) is 10.7. The van der Waals surface area contributed by atoms with E-state index in [-0.39, 0.29) is 34.7 Å². The second kappa shape index (κ2) is 10.8. The first kappa shape index (κ1) is 28.0. The second-order valence-corrected chi connectivity index (χ2v) is 8.71. The average Bonchev–Trinajstić information content (AvgIpc) is 2.81. The Kier molecular flexibility index (Phi) is 8.17. The molecule has 0 bridgehead atoms. The molecule has 196 valence electrons. The van der Waals surface area contributed by atoms with Gasteiger partial charge in [-0.05, 0) is 53.6 Å². The van der Waals surface area contributed by atoms with Crippen LogP contribution >= 0.6 is 11.6 Å². The number of aromatic hydroxyl groups is 1. The van der Waals surface area contributed by atoms with Gasteiger partial charge < -0.3 is 14.7 Å². The maximum atomic E-state index is 13.2. The van der Waals surface area contributed by atoms with Crippen molar-refractivity contribution in [2.45, 2.75) is 19.0 Å². The van der Waals surface area contributed by atoms with Crippen molar-refractivity contribution < 1.29 is 36.2 Å². The number of allylic oxidation sites excluding steroid dienone is 2. The van der Waals surface area contributed by atoms with Gasteiger partial charge in [-0.25, -0.2) is 0 Å². The zero-order chi connectivity index (χ0) is 27.5. The summed E-state index contributed by atoms with van der Waals surface area (Å²) in [6, 6.07) is 13.5. The number of hydrogen-bond acceptors (Lipinski definition) is 3. The van der Waals surface area contributed by atoms with E-state index in [1.807, 2.05) is 0 Å². The van der Waals surface area contributed by atoms with E-state index >= 15 is 0 Å². The zero-order valence-electron chi connectivity index (χ0n) is 19.7. The summed E-state index contributed by atoms with van der Waals surface area (Å²) in [5.41, 5.74) is -1.14. The van der Waals surface area contributed by atoms with Crippen molar-refractivity contribution in [1.29, 1.82) is 0 Å². The van der Waals surface area contributed by atoms with Crippen molar-refractivity contribution >= 4 is 17.3 Å². The molecule has 0 aliphatic carbocycles. The Morgan fingerprint density at radius 1 is 0.946 bits per heavy atom. The molecule has 0 saturated carbocycles. The summed E-state index contributed by atoms with van der Waals surface area (Å²) in [6.45, 7) is 3.09. The van der Waals surface area contributed by atoms with Crippen LogP contribution in [0, 0.1) is 0 Å². The molecule has 0 aromatic heterocycles. The Labute approximate surface area is 214 Å². The van der Waals surface area contributed by atoms with Crippen LogP contribution < -0.4 is 4.74 Å². The fourth-order valence-electron chi connectivity index (χ4n) is 3.44. The molecule has 1 N–H and O–H groups in total. The van der Waals surface area contributed by atoms with Gasteiger partial charge in [-0.15, -0.1) is 0 Å². The molecule has 0 amide bonds. The predicted octanol–water partition coefficient (Wildman–Crippen LogP) is 8.33. The van der Waals surface area contributed by atoms with Gasteiger partial charge in [0.1, 0.15) is 18.1 Å². The van der Waals surface area contributed by atoms with E-state index < -0.39 is 29.2 Å². The molecule has 3 nitrogen and oxygen atoms in total. The molecule has 0 aliphatic heterocycles. The molecule has 0 radical (unpaired) electrons. The highest BCUT2D eigenvalue weighted by molar-refractivity contribution is 6.30. The quantitative estimate of drug-likeness (QED) is 0.241. The summed E-state index contributed by atoms with van der Waals surface area (Å²) in [6.07, 6.45) is -8.50. The number of ether oxygens (including phenoxy) is 1. The topological polar surface area (TPSA) is 32.7 Å². The molecule has 3 rings (SSSR count). The number of alkyl halides is 6. The maximum Gasteiger partial charge on any atom is 0.416 e. The van der Waals surface area contributed by atoms with Crippen LogP contribution in [0.15, 0.2) is 78.9 Å². The summed E-state index contributed by atoms with van der Waals surface area (Å²) in [4.78, 5) is 1.36. The third-order valence-electron chi connectivity index (χ3n) is 5.38. The fraction of sp³-hybridized carbons (Fsp3) is 0.185. The van der Waals surface area contributed by atoms with Crippen molar-refractivity contribution in [1.82, 2.24) is 4.90 Å². The van der Waals surface area contributed by atoms with Gasteiger partial charge in [-0.1, -0.05) is 42.4 Å². The molecule has 0 aliphatic rings. The highest BCUT2D eigenvalue weighted by Crippen LogP contribution is 2.44. The molecule has 0 spiro atoms. The summed E-state index contributed by atoms with van der Waals surface area (Å²) in [5, 5.41) is 11.7. The number of phenols is 1. The Morgan fingerprint density at radius 2 is 1.54 bits per heavy atom. The monoisotopic (exact) mass is 541 g/mol. The van der Waals surface area contributed by atoms with Gasteiger partial charge in [0, 0.05) is 30.4 Å². The molecule has 0 atom stereocenters. The van der Waals surface area contributed by atoms with Crippen molar-refractivity contribution in [2.24, 2.45) is 0 Å². The van der Waals surface area contributed by atoms with E-state index in [4.69, 9.17) is 16.3 Å². The number of hydrogen-bond donors (Lipinski definition) is 1. The van der Waals surface area contributed by atoms with Crippen molar-refractivity contribution in [3.05, 3.63) is 101 Å². The van der Waals surface area contributed by atoms with E-state index in [0.29, 0.717) is 5.02 Å². The van der Waals surface area contributed by atoms with Gasteiger partial charge >= 0.3 is 12.4 Å².